The molecule has 0 saturated carbocycles. The molecule has 1 N–H and O–H groups in total. The summed E-state index contributed by atoms with van der Waals surface area (Å²) in [5.41, 5.74) is 1.89. The van der Waals surface area contributed by atoms with Crippen LogP contribution in [0.5, 0.6) is 0 Å². The second kappa shape index (κ2) is 5.88. The van der Waals surface area contributed by atoms with Crippen molar-refractivity contribution in [3.63, 3.8) is 0 Å². The van der Waals surface area contributed by atoms with E-state index in [4.69, 9.17) is 0 Å². The van der Waals surface area contributed by atoms with E-state index in [1.54, 1.807) is 43.6 Å². The molecule has 2 aromatic carbocycles. The largest absolute Gasteiger partial charge is 0.374 e. The fourth-order valence-corrected chi connectivity index (χ4v) is 3.66. The molecular formula is C21H21F2NO. The molecule has 3 rings (SSSR count). The molecule has 2 aromatic rings. The van der Waals surface area contributed by atoms with Crippen molar-refractivity contribution in [2.75, 3.05) is 7.05 Å². The Morgan fingerprint density at radius 2 is 1.88 bits per heavy atom. The van der Waals surface area contributed by atoms with Gasteiger partial charge in [0, 0.05) is 31.3 Å². The van der Waals surface area contributed by atoms with Crippen LogP contribution in [0.3, 0.4) is 0 Å². The fraction of sp³-hybridized carbons (Fsp3) is 0.286. The summed E-state index contributed by atoms with van der Waals surface area (Å²) < 4.78 is 29.1. The molecule has 1 aliphatic rings. The number of hydrogen-bond donors (Lipinski definition) is 1. The highest BCUT2D eigenvalue weighted by atomic mass is 19.3. The van der Waals surface area contributed by atoms with Crippen LogP contribution in [0.1, 0.15) is 36.1 Å². The molecule has 1 aliphatic carbocycles. The lowest BCUT2D eigenvalue weighted by molar-refractivity contribution is -0.148. The highest BCUT2D eigenvalue weighted by Gasteiger charge is 2.57. The first-order valence-electron chi connectivity index (χ1n) is 8.19. The average Bonchev–Trinajstić information content (AvgIpc) is 2.82. The van der Waals surface area contributed by atoms with Gasteiger partial charge in [-0.25, -0.2) is 8.78 Å². The Morgan fingerprint density at radius 1 is 1.20 bits per heavy atom. The summed E-state index contributed by atoms with van der Waals surface area (Å²) in [5.74, 6) is -3.33. The average molecular weight is 341 g/mol. The zero-order valence-electron chi connectivity index (χ0n) is 14.8. The van der Waals surface area contributed by atoms with Crippen LogP contribution >= 0.6 is 0 Å². The van der Waals surface area contributed by atoms with Gasteiger partial charge in [0.2, 0.25) is 0 Å². The van der Waals surface area contributed by atoms with Gasteiger partial charge in [0.1, 0.15) is 0 Å². The van der Waals surface area contributed by atoms with Crippen LogP contribution in [-0.2, 0) is 5.60 Å². The van der Waals surface area contributed by atoms with E-state index < -0.39 is 11.5 Å². The van der Waals surface area contributed by atoms with Crippen molar-refractivity contribution in [1.29, 1.82) is 0 Å². The molecule has 4 heteroatoms. The Balaban J connectivity index is 2.47. The minimum atomic E-state index is -3.33. The zero-order valence-corrected chi connectivity index (χ0v) is 14.8. The third kappa shape index (κ3) is 2.44. The van der Waals surface area contributed by atoms with Gasteiger partial charge in [-0.1, -0.05) is 48.0 Å². The number of allylic oxidation sites excluding steroid dienone is 2. The number of hydrogen-bond acceptors (Lipinski definition) is 2. The van der Waals surface area contributed by atoms with Crippen molar-refractivity contribution in [1.82, 2.24) is 0 Å². The third-order valence-electron chi connectivity index (χ3n) is 4.78. The molecule has 0 spiro atoms. The quantitative estimate of drug-likeness (QED) is 0.786. The molecular weight excluding hydrogens is 320 g/mol. The van der Waals surface area contributed by atoms with E-state index in [0.717, 1.165) is 23.6 Å². The van der Waals surface area contributed by atoms with E-state index in [1.807, 2.05) is 26.0 Å². The zero-order chi connectivity index (χ0) is 18.4. The lowest BCUT2D eigenvalue weighted by Crippen LogP contribution is -2.42. The first-order valence-corrected chi connectivity index (χ1v) is 8.19. The number of benzene rings is 2. The van der Waals surface area contributed by atoms with Crippen molar-refractivity contribution in [3.05, 3.63) is 64.7 Å². The highest BCUT2D eigenvalue weighted by Crippen LogP contribution is 2.56. The SMILES string of the molecule is C/C=C(\C=NC)c1cc(C)cc2c1-c1ccccc1C2(O)C(C)(F)F. The second-order valence-corrected chi connectivity index (χ2v) is 6.51. The lowest BCUT2D eigenvalue weighted by Gasteiger charge is -2.32. The van der Waals surface area contributed by atoms with Gasteiger partial charge >= 0.3 is 0 Å². The van der Waals surface area contributed by atoms with Crippen LogP contribution in [0.25, 0.3) is 16.7 Å². The summed E-state index contributed by atoms with van der Waals surface area (Å²) in [6, 6.07) is 10.5. The Bertz CT molecular complexity index is 893. The van der Waals surface area contributed by atoms with E-state index in [9.17, 15) is 13.9 Å². The smallest absolute Gasteiger partial charge is 0.281 e. The van der Waals surface area contributed by atoms with Gasteiger partial charge in [-0.05, 0) is 36.1 Å². The predicted molar refractivity (Wildman–Crippen MR) is 98.3 cm³/mol. The van der Waals surface area contributed by atoms with Crippen molar-refractivity contribution in [2.24, 2.45) is 4.99 Å². The van der Waals surface area contributed by atoms with Gasteiger partial charge in [0.25, 0.3) is 5.92 Å². The van der Waals surface area contributed by atoms with Crippen LogP contribution in [0, 0.1) is 6.92 Å². The van der Waals surface area contributed by atoms with Crippen molar-refractivity contribution in [2.45, 2.75) is 32.3 Å². The fourth-order valence-electron chi connectivity index (χ4n) is 3.66. The van der Waals surface area contributed by atoms with Gasteiger partial charge < -0.3 is 5.11 Å². The third-order valence-corrected chi connectivity index (χ3v) is 4.78. The van der Waals surface area contributed by atoms with E-state index in [1.165, 1.54) is 0 Å². The normalized spacial score (nSPS) is 20.0. The highest BCUT2D eigenvalue weighted by molar-refractivity contribution is 6.13. The lowest BCUT2D eigenvalue weighted by atomic mass is 9.84. The van der Waals surface area contributed by atoms with E-state index in [0.29, 0.717) is 11.1 Å². The second-order valence-electron chi connectivity index (χ2n) is 6.51. The van der Waals surface area contributed by atoms with Crippen LogP contribution in [0.15, 0.2) is 47.5 Å². The molecule has 1 atom stereocenters. The van der Waals surface area contributed by atoms with Crippen LogP contribution in [0.2, 0.25) is 0 Å². The van der Waals surface area contributed by atoms with Crippen molar-refractivity contribution in [3.8, 4) is 11.1 Å². The number of aliphatic imine (C=N–C) groups is 1. The maximum Gasteiger partial charge on any atom is 0.281 e. The number of rotatable bonds is 3. The Hall–Kier alpha value is -2.33. The topological polar surface area (TPSA) is 32.6 Å². The molecule has 0 saturated heterocycles. The first kappa shape index (κ1) is 17.5. The predicted octanol–water partition coefficient (Wildman–Crippen LogP) is 4.97. The van der Waals surface area contributed by atoms with Gasteiger partial charge in [-0.15, -0.1) is 0 Å². The van der Waals surface area contributed by atoms with Gasteiger partial charge in [-0.2, -0.15) is 0 Å². The number of nitrogens with zero attached hydrogens (tertiary/aromatic N) is 1. The van der Waals surface area contributed by atoms with E-state index in [-0.39, 0.29) is 11.1 Å². The molecule has 0 bridgehead atoms. The summed E-state index contributed by atoms with van der Waals surface area (Å²) in [6.45, 7) is 4.50. The van der Waals surface area contributed by atoms with E-state index in [2.05, 4.69) is 4.99 Å². The number of halogens is 2. The minimum Gasteiger partial charge on any atom is -0.374 e. The standard InChI is InChI=1S/C21H21F2NO/c1-5-14(12-24-4)16-10-13(2)11-18-19(16)15-8-6-7-9-17(15)21(18,25)20(3,22)23/h5-12,25H,1-4H3/b14-5+,24-12?. The molecule has 0 fully saturated rings. The molecule has 1 unspecified atom stereocenters. The summed E-state index contributed by atoms with van der Waals surface area (Å²) in [7, 11) is 1.67. The van der Waals surface area contributed by atoms with Crippen LogP contribution < -0.4 is 0 Å². The number of aliphatic hydroxyl groups is 1. The summed E-state index contributed by atoms with van der Waals surface area (Å²) in [5, 5.41) is 11.2. The molecule has 130 valence electrons. The summed E-state index contributed by atoms with van der Waals surface area (Å²) >= 11 is 0. The Labute approximate surface area is 146 Å². The molecule has 2 nitrogen and oxygen atoms in total. The molecule has 0 radical (unpaired) electrons. The Kier molecular flexibility index (Phi) is 4.12. The van der Waals surface area contributed by atoms with Gasteiger partial charge in [-0.3, -0.25) is 4.99 Å². The maximum atomic E-state index is 14.6. The molecule has 0 aliphatic heterocycles. The summed E-state index contributed by atoms with van der Waals surface area (Å²) in [6.07, 6.45) is 3.60. The number of alkyl halides is 2. The summed E-state index contributed by atoms with van der Waals surface area (Å²) in [4.78, 5) is 4.08. The van der Waals surface area contributed by atoms with Crippen LogP contribution in [0.4, 0.5) is 8.78 Å². The molecule has 25 heavy (non-hydrogen) atoms. The molecule has 0 aromatic heterocycles. The number of aryl methyl sites for hydroxylation is 1. The van der Waals surface area contributed by atoms with E-state index >= 15 is 0 Å². The van der Waals surface area contributed by atoms with Gasteiger partial charge in [0.05, 0.1) is 0 Å². The monoisotopic (exact) mass is 341 g/mol. The number of fused-ring (bicyclic) bond motifs is 3. The van der Waals surface area contributed by atoms with Crippen LogP contribution in [-0.4, -0.2) is 24.3 Å². The van der Waals surface area contributed by atoms with Gasteiger partial charge in [0.15, 0.2) is 5.60 Å². The van der Waals surface area contributed by atoms with Crippen molar-refractivity contribution >= 4 is 11.8 Å². The first-order chi connectivity index (χ1) is 11.8. The maximum absolute atomic E-state index is 14.6. The minimum absolute atomic E-state index is 0.244. The molecule has 0 heterocycles. The molecule has 0 amide bonds. The Morgan fingerprint density at radius 3 is 2.48 bits per heavy atom. The van der Waals surface area contributed by atoms with Crippen molar-refractivity contribution < 1.29 is 13.9 Å².